The van der Waals surface area contributed by atoms with Crippen molar-refractivity contribution in [2.24, 2.45) is 13.0 Å². The van der Waals surface area contributed by atoms with Crippen molar-refractivity contribution in [1.82, 2.24) is 9.13 Å². The summed E-state index contributed by atoms with van der Waals surface area (Å²) in [5.74, 6) is 0.354. The van der Waals surface area contributed by atoms with E-state index in [2.05, 4.69) is 0 Å². The second-order valence-corrected chi connectivity index (χ2v) is 6.41. The first-order chi connectivity index (χ1) is 9.54. The van der Waals surface area contributed by atoms with Gasteiger partial charge in [-0.25, -0.2) is 4.79 Å². The van der Waals surface area contributed by atoms with E-state index in [9.17, 15) is 14.7 Å². The van der Waals surface area contributed by atoms with Gasteiger partial charge in [0.15, 0.2) is 0 Å². The summed E-state index contributed by atoms with van der Waals surface area (Å²) in [5, 5.41) is 9.49. The topological polar surface area (TPSA) is 93.5 Å². The Labute approximate surface area is 124 Å². The molecule has 0 atom stereocenters. The zero-order valence-corrected chi connectivity index (χ0v) is 13.7. The normalized spacial score (nSPS) is 12.0. The van der Waals surface area contributed by atoms with Crippen LogP contribution in [0.1, 0.15) is 27.7 Å². The monoisotopic (exact) mass is 298 g/mol. The van der Waals surface area contributed by atoms with Gasteiger partial charge in [-0.1, -0.05) is 13.8 Å². The van der Waals surface area contributed by atoms with E-state index in [1.807, 2.05) is 13.8 Å². The average Bonchev–Trinajstić information content (AvgIpc) is 2.41. The second kappa shape index (κ2) is 5.93. The molecule has 0 spiro atoms. The van der Waals surface area contributed by atoms with Gasteiger partial charge in [-0.05, 0) is 19.8 Å². The molecule has 0 bridgehead atoms. The lowest BCUT2D eigenvalue weighted by atomic mass is 10.0. The van der Waals surface area contributed by atoms with E-state index in [1.54, 1.807) is 25.8 Å². The molecule has 7 heteroatoms. The Morgan fingerprint density at radius 2 is 1.86 bits per heavy atom. The smallest absolute Gasteiger partial charge is 0.332 e. The number of hydrogen-bond acceptors (Lipinski definition) is 5. The first-order valence-electron chi connectivity index (χ1n) is 6.98. The quantitative estimate of drug-likeness (QED) is 0.797. The van der Waals surface area contributed by atoms with Crippen LogP contribution in [-0.2, 0) is 13.6 Å². The highest BCUT2D eigenvalue weighted by Crippen LogP contribution is 2.23. The number of rotatable bonds is 5. The van der Waals surface area contributed by atoms with Gasteiger partial charge in [0.2, 0.25) is 0 Å². The fraction of sp³-hybridized carbons (Fsp3) is 0.714. The molecule has 0 amide bonds. The Kier molecular flexibility index (Phi) is 4.88. The third-order valence-electron chi connectivity index (χ3n) is 3.74. The Balaban J connectivity index is 3.64. The molecule has 21 heavy (non-hydrogen) atoms. The maximum atomic E-state index is 12.4. The van der Waals surface area contributed by atoms with E-state index in [4.69, 9.17) is 5.73 Å². The molecule has 120 valence electrons. The predicted octanol–water partition coefficient (Wildman–Crippen LogP) is -0.00770. The van der Waals surface area contributed by atoms with Gasteiger partial charge >= 0.3 is 5.69 Å². The summed E-state index contributed by atoms with van der Waals surface area (Å²) in [4.78, 5) is 26.2. The third-order valence-corrected chi connectivity index (χ3v) is 3.74. The fourth-order valence-corrected chi connectivity index (χ4v) is 2.03. The van der Waals surface area contributed by atoms with Crippen molar-refractivity contribution in [3.05, 3.63) is 20.8 Å². The molecule has 0 saturated heterocycles. The van der Waals surface area contributed by atoms with E-state index in [-0.39, 0.29) is 24.0 Å². The number of hydrogen-bond donors (Lipinski definition) is 2. The summed E-state index contributed by atoms with van der Waals surface area (Å²) in [6, 6.07) is 0. The highest BCUT2D eigenvalue weighted by molar-refractivity contribution is 5.63. The summed E-state index contributed by atoms with van der Waals surface area (Å²) in [7, 11) is 3.12. The Hall–Kier alpha value is -1.76. The lowest BCUT2D eigenvalue weighted by molar-refractivity contribution is 0.216. The van der Waals surface area contributed by atoms with Crippen LogP contribution in [0.2, 0.25) is 0 Å². The van der Waals surface area contributed by atoms with Crippen molar-refractivity contribution >= 4 is 11.5 Å². The van der Waals surface area contributed by atoms with Gasteiger partial charge in [0.1, 0.15) is 11.5 Å². The minimum absolute atomic E-state index is 0.140. The van der Waals surface area contributed by atoms with Crippen LogP contribution in [0.3, 0.4) is 0 Å². The van der Waals surface area contributed by atoms with Crippen LogP contribution in [0.25, 0.3) is 0 Å². The van der Waals surface area contributed by atoms with Gasteiger partial charge in [-0.3, -0.25) is 13.9 Å². The Morgan fingerprint density at radius 3 is 2.29 bits per heavy atom. The lowest BCUT2D eigenvalue weighted by Gasteiger charge is -2.36. The van der Waals surface area contributed by atoms with Gasteiger partial charge in [0, 0.05) is 20.6 Å². The van der Waals surface area contributed by atoms with Crippen molar-refractivity contribution < 1.29 is 5.11 Å². The highest BCUT2D eigenvalue weighted by Gasteiger charge is 2.28. The number of nitrogen functional groups attached to an aromatic ring is 1. The first kappa shape index (κ1) is 17.3. The molecule has 1 aromatic rings. The van der Waals surface area contributed by atoms with Crippen LogP contribution >= 0.6 is 0 Å². The van der Waals surface area contributed by atoms with Gasteiger partial charge in [-0.2, -0.15) is 0 Å². The molecule has 0 aliphatic rings. The first-order valence-corrected chi connectivity index (χ1v) is 6.98. The maximum absolute atomic E-state index is 12.4. The van der Waals surface area contributed by atoms with Gasteiger partial charge in [0.05, 0.1) is 12.1 Å². The van der Waals surface area contributed by atoms with E-state index in [0.717, 1.165) is 4.57 Å². The van der Waals surface area contributed by atoms with Crippen LogP contribution in [0.4, 0.5) is 11.5 Å². The van der Waals surface area contributed by atoms with Gasteiger partial charge < -0.3 is 15.7 Å². The number of aliphatic hydroxyl groups is 1. The van der Waals surface area contributed by atoms with Crippen molar-refractivity contribution in [2.75, 3.05) is 24.3 Å². The molecule has 0 fully saturated rings. The summed E-state index contributed by atoms with van der Waals surface area (Å²) >= 11 is 0. The molecular formula is C14H26N4O3. The molecule has 0 aromatic carbocycles. The highest BCUT2D eigenvalue weighted by atomic mass is 16.3. The number of aliphatic hydroxyl groups excluding tert-OH is 1. The number of nitrogens with zero attached hydrogens (tertiary/aromatic N) is 3. The molecule has 3 N–H and O–H groups in total. The SMILES string of the molecule is CC(C)Cn1c(N)c(N(C)C(C)(C)CO)c(=O)n(C)c1=O. The number of aromatic nitrogens is 2. The molecule has 7 nitrogen and oxygen atoms in total. The van der Waals surface area contributed by atoms with Crippen LogP contribution in [0.5, 0.6) is 0 Å². The zero-order chi connectivity index (χ0) is 16.5. The summed E-state index contributed by atoms with van der Waals surface area (Å²) < 4.78 is 2.46. The molecule has 1 aromatic heterocycles. The van der Waals surface area contributed by atoms with Crippen molar-refractivity contribution in [1.29, 1.82) is 0 Å². The van der Waals surface area contributed by atoms with Crippen LogP contribution in [0, 0.1) is 5.92 Å². The summed E-state index contributed by atoms with van der Waals surface area (Å²) in [5.41, 5.74) is 4.76. The minimum Gasteiger partial charge on any atom is -0.394 e. The molecule has 0 saturated carbocycles. The van der Waals surface area contributed by atoms with Crippen molar-refractivity contribution in [2.45, 2.75) is 39.8 Å². The average molecular weight is 298 g/mol. The lowest BCUT2D eigenvalue weighted by Crippen LogP contribution is -2.50. The predicted molar refractivity (Wildman–Crippen MR) is 84.8 cm³/mol. The van der Waals surface area contributed by atoms with E-state index >= 15 is 0 Å². The number of likely N-dealkylation sites (N-methyl/N-ethyl adjacent to an activating group) is 1. The van der Waals surface area contributed by atoms with Crippen LogP contribution in [-0.4, -0.2) is 33.4 Å². The number of anilines is 2. The van der Waals surface area contributed by atoms with Crippen molar-refractivity contribution in [3.8, 4) is 0 Å². The Bertz CT molecular complexity index is 628. The molecule has 0 radical (unpaired) electrons. The maximum Gasteiger partial charge on any atom is 0.332 e. The van der Waals surface area contributed by atoms with Crippen molar-refractivity contribution in [3.63, 3.8) is 0 Å². The summed E-state index contributed by atoms with van der Waals surface area (Å²) in [6.45, 7) is 7.82. The second-order valence-electron chi connectivity index (χ2n) is 6.41. The standard InChI is InChI=1S/C14H26N4O3/c1-9(2)7-18-11(15)10(12(20)16(5)13(18)21)17(6)14(3,4)8-19/h9,19H,7-8,15H2,1-6H3. The number of nitrogens with two attached hydrogens (primary N) is 1. The molecule has 1 heterocycles. The fourth-order valence-electron chi connectivity index (χ4n) is 2.03. The molecule has 0 aliphatic carbocycles. The largest absolute Gasteiger partial charge is 0.394 e. The van der Waals surface area contributed by atoms with E-state index in [1.165, 1.54) is 11.6 Å². The molecule has 1 rings (SSSR count). The van der Waals surface area contributed by atoms with Crippen LogP contribution in [0.15, 0.2) is 9.59 Å². The van der Waals surface area contributed by atoms with E-state index < -0.39 is 16.8 Å². The zero-order valence-electron chi connectivity index (χ0n) is 13.7. The molecule has 0 aliphatic heterocycles. The third kappa shape index (κ3) is 3.12. The van der Waals surface area contributed by atoms with Gasteiger partial charge in [-0.15, -0.1) is 0 Å². The summed E-state index contributed by atoms with van der Waals surface area (Å²) in [6.07, 6.45) is 0. The molecule has 0 unspecified atom stereocenters. The Morgan fingerprint density at radius 1 is 1.33 bits per heavy atom. The van der Waals surface area contributed by atoms with Gasteiger partial charge in [0.25, 0.3) is 5.56 Å². The van der Waals surface area contributed by atoms with E-state index in [0.29, 0.717) is 6.54 Å². The van der Waals surface area contributed by atoms with Crippen LogP contribution < -0.4 is 21.9 Å². The molecular weight excluding hydrogens is 272 g/mol. The minimum atomic E-state index is -0.666.